The summed E-state index contributed by atoms with van der Waals surface area (Å²) >= 11 is 0. The summed E-state index contributed by atoms with van der Waals surface area (Å²) in [5, 5.41) is 0. The first-order valence-electron chi connectivity index (χ1n) is 9.53. The van der Waals surface area contributed by atoms with Gasteiger partial charge in [0.15, 0.2) is 0 Å². The molecule has 28 heavy (non-hydrogen) atoms. The number of benzene rings is 1. The molecular formula is C21H25N5O2. The third-order valence-electron chi connectivity index (χ3n) is 5.42. The van der Waals surface area contributed by atoms with Crippen molar-refractivity contribution in [3.8, 4) is 0 Å². The highest BCUT2D eigenvalue weighted by molar-refractivity contribution is 5.97. The number of nitrogens with zero attached hydrogens (tertiary/aromatic N) is 5. The minimum absolute atomic E-state index is 0.0429. The van der Waals surface area contributed by atoms with Crippen LogP contribution in [0.3, 0.4) is 0 Å². The molecule has 3 aromatic rings. The lowest BCUT2D eigenvalue weighted by molar-refractivity contribution is 0.0740. The highest BCUT2D eigenvalue weighted by Gasteiger charge is 2.22. The molecule has 0 radical (unpaired) electrons. The van der Waals surface area contributed by atoms with Gasteiger partial charge in [-0.05, 0) is 37.3 Å². The van der Waals surface area contributed by atoms with Crippen molar-refractivity contribution in [2.75, 3.05) is 38.3 Å². The van der Waals surface area contributed by atoms with Crippen molar-refractivity contribution in [1.82, 2.24) is 19.4 Å². The predicted molar refractivity (Wildman–Crippen MR) is 108 cm³/mol. The van der Waals surface area contributed by atoms with Gasteiger partial charge in [0, 0.05) is 38.9 Å². The van der Waals surface area contributed by atoms with Gasteiger partial charge in [0.2, 0.25) is 5.95 Å². The van der Waals surface area contributed by atoms with Crippen LogP contribution in [-0.2, 0) is 11.8 Å². The second-order valence-corrected chi connectivity index (χ2v) is 7.12. The number of carbonyl (C=O) groups is 1. The normalized spacial score (nSPS) is 15.6. The van der Waals surface area contributed by atoms with Crippen LogP contribution >= 0.6 is 0 Å². The van der Waals surface area contributed by atoms with E-state index in [1.165, 1.54) is 0 Å². The fourth-order valence-electron chi connectivity index (χ4n) is 3.57. The fraction of sp³-hybridized carbons (Fsp3) is 0.381. The Labute approximate surface area is 164 Å². The molecule has 0 bridgehead atoms. The Balaban J connectivity index is 1.61. The minimum Gasteiger partial charge on any atom is -0.378 e. The third kappa shape index (κ3) is 3.33. The van der Waals surface area contributed by atoms with Gasteiger partial charge < -0.3 is 19.1 Å². The first-order chi connectivity index (χ1) is 13.6. The van der Waals surface area contributed by atoms with Crippen molar-refractivity contribution in [2.24, 2.45) is 7.05 Å². The Morgan fingerprint density at radius 2 is 2.00 bits per heavy atom. The highest BCUT2D eigenvalue weighted by atomic mass is 16.5. The van der Waals surface area contributed by atoms with Gasteiger partial charge >= 0.3 is 0 Å². The average molecular weight is 379 g/mol. The molecule has 1 atom stereocenters. The number of fused-ring (bicyclic) bond motifs is 1. The summed E-state index contributed by atoms with van der Waals surface area (Å²) in [6, 6.07) is 11.4. The smallest absolute Gasteiger partial charge is 0.254 e. The first-order valence-corrected chi connectivity index (χ1v) is 9.53. The van der Waals surface area contributed by atoms with E-state index in [-0.39, 0.29) is 11.9 Å². The summed E-state index contributed by atoms with van der Waals surface area (Å²) in [7, 11) is 3.82. The molecule has 1 saturated heterocycles. The number of hydrogen-bond donors (Lipinski definition) is 0. The van der Waals surface area contributed by atoms with Crippen molar-refractivity contribution in [2.45, 2.75) is 13.0 Å². The van der Waals surface area contributed by atoms with Gasteiger partial charge in [-0.1, -0.05) is 6.07 Å². The average Bonchev–Trinajstić information content (AvgIpc) is 3.09. The summed E-state index contributed by atoms with van der Waals surface area (Å²) in [4.78, 5) is 26.1. The van der Waals surface area contributed by atoms with Gasteiger partial charge in [0.05, 0.1) is 36.0 Å². The van der Waals surface area contributed by atoms with Crippen molar-refractivity contribution < 1.29 is 9.53 Å². The molecule has 146 valence electrons. The standard InChI is InChI=1S/C21H25N5O2/c1-15(17-6-4-5-9-22-17)24(2)20(27)16-7-8-19-18(14-16)23-21(25(19)3)26-10-12-28-13-11-26/h4-9,14-15H,10-13H2,1-3H3/t15-/m0/s1. The monoisotopic (exact) mass is 379 g/mol. The van der Waals surface area contributed by atoms with E-state index in [2.05, 4.69) is 14.5 Å². The second kappa shape index (κ2) is 7.59. The van der Waals surface area contributed by atoms with Crippen LogP contribution in [0.5, 0.6) is 0 Å². The number of carbonyl (C=O) groups excluding carboxylic acids is 1. The molecule has 0 spiro atoms. The molecule has 3 heterocycles. The van der Waals surface area contributed by atoms with E-state index in [4.69, 9.17) is 9.72 Å². The molecule has 0 unspecified atom stereocenters. The molecule has 0 saturated carbocycles. The van der Waals surface area contributed by atoms with E-state index in [1.807, 2.05) is 57.4 Å². The molecular weight excluding hydrogens is 354 g/mol. The Hall–Kier alpha value is -2.93. The van der Waals surface area contributed by atoms with Crippen molar-refractivity contribution in [3.05, 3.63) is 53.9 Å². The van der Waals surface area contributed by atoms with Gasteiger partial charge in [0.1, 0.15) is 0 Å². The molecule has 1 aliphatic heterocycles. The van der Waals surface area contributed by atoms with Crippen molar-refractivity contribution in [1.29, 1.82) is 0 Å². The molecule has 4 rings (SSSR count). The Morgan fingerprint density at radius 3 is 2.71 bits per heavy atom. The minimum atomic E-state index is -0.114. The van der Waals surface area contributed by atoms with Gasteiger partial charge in [-0.3, -0.25) is 9.78 Å². The van der Waals surface area contributed by atoms with Crippen LogP contribution in [0.2, 0.25) is 0 Å². The number of aromatic nitrogens is 3. The van der Waals surface area contributed by atoms with Crippen LogP contribution in [0.1, 0.15) is 29.0 Å². The lowest BCUT2D eigenvalue weighted by Crippen LogP contribution is -2.37. The number of aryl methyl sites for hydroxylation is 1. The van der Waals surface area contributed by atoms with E-state index < -0.39 is 0 Å². The topological polar surface area (TPSA) is 63.5 Å². The summed E-state index contributed by atoms with van der Waals surface area (Å²) in [5.41, 5.74) is 3.34. The molecule has 2 aromatic heterocycles. The molecule has 0 N–H and O–H groups in total. The maximum absolute atomic E-state index is 13.0. The summed E-state index contributed by atoms with van der Waals surface area (Å²) < 4.78 is 7.52. The first kappa shape index (κ1) is 18.4. The third-order valence-corrected chi connectivity index (χ3v) is 5.42. The molecule has 0 aliphatic carbocycles. The van der Waals surface area contributed by atoms with E-state index in [1.54, 1.807) is 11.1 Å². The van der Waals surface area contributed by atoms with E-state index in [0.717, 1.165) is 35.8 Å². The van der Waals surface area contributed by atoms with Crippen LogP contribution in [0.25, 0.3) is 11.0 Å². The zero-order valence-corrected chi connectivity index (χ0v) is 16.5. The SMILES string of the molecule is C[C@@H](c1ccccn1)N(C)C(=O)c1ccc2c(c1)nc(N1CCOCC1)n2C. The summed E-state index contributed by atoms with van der Waals surface area (Å²) in [5.74, 6) is 0.872. The van der Waals surface area contributed by atoms with Gasteiger partial charge in [-0.25, -0.2) is 4.98 Å². The molecule has 1 aromatic carbocycles. The van der Waals surface area contributed by atoms with Crippen LogP contribution < -0.4 is 4.90 Å². The van der Waals surface area contributed by atoms with Gasteiger partial charge in [-0.2, -0.15) is 0 Å². The van der Waals surface area contributed by atoms with Crippen LogP contribution in [0, 0.1) is 0 Å². The van der Waals surface area contributed by atoms with Crippen LogP contribution in [-0.4, -0.2) is 58.7 Å². The maximum Gasteiger partial charge on any atom is 0.254 e. The number of ether oxygens (including phenoxy) is 1. The fourth-order valence-corrected chi connectivity index (χ4v) is 3.57. The van der Waals surface area contributed by atoms with Gasteiger partial charge in [0.25, 0.3) is 5.91 Å². The second-order valence-electron chi connectivity index (χ2n) is 7.12. The predicted octanol–water partition coefficient (Wildman–Crippen LogP) is 2.64. The van der Waals surface area contributed by atoms with E-state index in [0.29, 0.717) is 18.8 Å². The lowest BCUT2D eigenvalue weighted by atomic mass is 10.1. The Morgan fingerprint density at radius 1 is 1.21 bits per heavy atom. The number of pyridine rings is 1. The number of hydrogen-bond acceptors (Lipinski definition) is 5. The molecule has 7 nitrogen and oxygen atoms in total. The molecule has 1 fully saturated rings. The number of rotatable bonds is 4. The lowest BCUT2D eigenvalue weighted by Gasteiger charge is -2.27. The van der Waals surface area contributed by atoms with Crippen molar-refractivity contribution >= 4 is 22.9 Å². The number of morpholine rings is 1. The van der Waals surface area contributed by atoms with Crippen LogP contribution in [0.4, 0.5) is 5.95 Å². The number of anilines is 1. The number of imidazole rings is 1. The largest absolute Gasteiger partial charge is 0.378 e. The Bertz CT molecular complexity index is 979. The summed E-state index contributed by atoms with van der Waals surface area (Å²) in [6.07, 6.45) is 1.75. The van der Waals surface area contributed by atoms with Crippen LogP contribution in [0.15, 0.2) is 42.6 Å². The molecule has 1 aliphatic rings. The Kier molecular flexibility index (Phi) is 5.00. The summed E-state index contributed by atoms with van der Waals surface area (Å²) in [6.45, 7) is 5.06. The quantitative estimate of drug-likeness (QED) is 0.697. The zero-order chi connectivity index (χ0) is 19.7. The highest BCUT2D eigenvalue weighted by Crippen LogP contribution is 2.25. The maximum atomic E-state index is 13.0. The molecule has 1 amide bonds. The van der Waals surface area contributed by atoms with E-state index >= 15 is 0 Å². The van der Waals surface area contributed by atoms with E-state index in [9.17, 15) is 4.79 Å². The van der Waals surface area contributed by atoms with Gasteiger partial charge in [-0.15, -0.1) is 0 Å². The zero-order valence-electron chi connectivity index (χ0n) is 16.5. The number of amides is 1. The molecule has 7 heteroatoms. The van der Waals surface area contributed by atoms with Crippen molar-refractivity contribution in [3.63, 3.8) is 0 Å².